The molecule has 0 aromatic heterocycles. The number of halogens is 5. The molecule has 0 aliphatic carbocycles. The number of alkyl halides is 2. The maximum atomic E-state index is 12.5. The molecule has 0 radical (unpaired) electrons. The molecule has 0 heterocycles. The Morgan fingerprint density at radius 1 is 1.29 bits per heavy atom. The molecular formula is C14H20Cl2F2IN3O2. The van der Waals surface area contributed by atoms with Crippen LogP contribution in [0, 0.1) is 0 Å². The maximum Gasteiger partial charge on any atom is 0.387 e. The Morgan fingerprint density at radius 3 is 2.58 bits per heavy atom. The normalized spacial score (nSPS) is 11.2. The zero-order chi connectivity index (χ0) is 17.2. The van der Waals surface area contributed by atoms with Crippen molar-refractivity contribution in [1.29, 1.82) is 0 Å². The molecule has 0 saturated carbocycles. The van der Waals surface area contributed by atoms with Crippen LogP contribution in [0.4, 0.5) is 8.78 Å². The van der Waals surface area contributed by atoms with Crippen LogP contribution in [0.3, 0.4) is 0 Å². The summed E-state index contributed by atoms with van der Waals surface area (Å²) >= 11 is 11.8. The van der Waals surface area contributed by atoms with Crippen molar-refractivity contribution in [3.8, 4) is 5.75 Å². The van der Waals surface area contributed by atoms with E-state index in [0.29, 0.717) is 36.2 Å². The highest BCUT2D eigenvalue weighted by Crippen LogP contribution is 2.34. The number of benzene rings is 1. The van der Waals surface area contributed by atoms with Gasteiger partial charge in [0, 0.05) is 30.8 Å². The summed E-state index contributed by atoms with van der Waals surface area (Å²) in [6.45, 7) is 0.714. The minimum absolute atomic E-state index is 0. The molecule has 24 heavy (non-hydrogen) atoms. The Kier molecular flexibility index (Phi) is 12.4. The van der Waals surface area contributed by atoms with Crippen LogP contribution in [-0.2, 0) is 11.3 Å². The highest BCUT2D eigenvalue weighted by molar-refractivity contribution is 14.0. The second kappa shape index (κ2) is 12.7. The molecule has 1 aromatic rings. The van der Waals surface area contributed by atoms with E-state index in [1.54, 1.807) is 7.11 Å². The topological polar surface area (TPSA) is 54.9 Å². The molecule has 1 rings (SSSR count). The molecular weight excluding hydrogens is 478 g/mol. The number of hydrogen-bond donors (Lipinski definition) is 2. The molecule has 0 amide bonds. The fraction of sp³-hybridized carbons (Fsp3) is 0.500. The Hall–Kier alpha value is -0.580. The minimum atomic E-state index is -2.98. The third kappa shape index (κ3) is 8.50. The van der Waals surface area contributed by atoms with Crippen molar-refractivity contribution in [2.45, 2.75) is 20.1 Å². The summed E-state index contributed by atoms with van der Waals surface area (Å²) in [5.41, 5.74) is 0.367. The third-order valence-corrected chi connectivity index (χ3v) is 3.14. The van der Waals surface area contributed by atoms with Gasteiger partial charge in [0.2, 0.25) is 0 Å². The lowest BCUT2D eigenvalue weighted by Gasteiger charge is -2.14. The molecule has 10 heteroatoms. The second-order valence-electron chi connectivity index (χ2n) is 4.37. The Labute approximate surface area is 167 Å². The van der Waals surface area contributed by atoms with Gasteiger partial charge in [0.15, 0.2) is 5.96 Å². The minimum Gasteiger partial charge on any atom is -0.433 e. The Bertz CT molecular complexity index is 537. The van der Waals surface area contributed by atoms with Crippen LogP contribution >= 0.6 is 47.2 Å². The van der Waals surface area contributed by atoms with E-state index in [1.165, 1.54) is 12.1 Å². The quantitative estimate of drug-likeness (QED) is 0.247. The van der Waals surface area contributed by atoms with Gasteiger partial charge in [-0.1, -0.05) is 23.2 Å². The molecule has 2 N–H and O–H groups in total. The van der Waals surface area contributed by atoms with Crippen molar-refractivity contribution in [2.75, 3.05) is 26.8 Å². The lowest BCUT2D eigenvalue weighted by atomic mass is 10.2. The van der Waals surface area contributed by atoms with E-state index in [-0.39, 0.29) is 41.3 Å². The van der Waals surface area contributed by atoms with Crippen molar-refractivity contribution < 1.29 is 18.3 Å². The van der Waals surface area contributed by atoms with Gasteiger partial charge in [-0.3, -0.25) is 0 Å². The van der Waals surface area contributed by atoms with Gasteiger partial charge in [0.1, 0.15) is 5.75 Å². The van der Waals surface area contributed by atoms with Crippen LogP contribution in [0.2, 0.25) is 10.0 Å². The molecule has 138 valence electrons. The highest BCUT2D eigenvalue weighted by atomic mass is 127. The molecule has 1 aromatic carbocycles. The number of nitrogens with one attached hydrogen (secondary N) is 2. The summed E-state index contributed by atoms with van der Waals surface area (Å²) in [7, 11) is 1.59. The monoisotopic (exact) mass is 497 g/mol. The van der Waals surface area contributed by atoms with Gasteiger partial charge in [-0.2, -0.15) is 8.78 Å². The first-order valence-electron chi connectivity index (χ1n) is 6.91. The zero-order valence-electron chi connectivity index (χ0n) is 13.2. The molecule has 0 bridgehead atoms. The van der Waals surface area contributed by atoms with Crippen molar-refractivity contribution in [3.63, 3.8) is 0 Å². The first kappa shape index (κ1) is 23.4. The first-order chi connectivity index (χ1) is 11.0. The fourth-order valence-corrected chi connectivity index (χ4v) is 2.31. The number of hydrogen-bond acceptors (Lipinski definition) is 3. The number of methoxy groups -OCH3 is 1. The van der Waals surface area contributed by atoms with Gasteiger partial charge in [-0.15, -0.1) is 24.0 Å². The van der Waals surface area contributed by atoms with Gasteiger partial charge < -0.3 is 20.1 Å². The number of aliphatic imine (C=N–C) groups is 1. The fourth-order valence-electron chi connectivity index (χ4n) is 1.73. The van der Waals surface area contributed by atoms with E-state index in [4.69, 9.17) is 27.9 Å². The largest absolute Gasteiger partial charge is 0.433 e. The van der Waals surface area contributed by atoms with Crippen molar-refractivity contribution in [1.82, 2.24) is 10.6 Å². The number of rotatable bonds is 8. The van der Waals surface area contributed by atoms with Crippen molar-refractivity contribution in [3.05, 3.63) is 27.7 Å². The van der Waals surface area contributed by atoms with Crippen LogP contribution in [0.1, 0.15) is 12.5 Å². The summed E-state index contributed by atoms with van der Waals surface area (Å²) in [5.74, 6) is 0.395. The Morgan fingerprint density at radius 2 is 2.00 bits per heavy atom. The molecule has 0 spiro atoms. The smallest absolute Gasteiger partial charge is 0.387 e. The molecule has 0 unspecified atom stereocenters. The van der Waals surface area contributed by atoms with E-state index < -0.39 is 6.61 Å². The van der Waals surface area contributed by atoms with Gasteiger partial charge in [0.05, 0.1) is 18.2 Å². The number of nitrogens with zero attached hydrogens (tertiary/aromatic N) is 1. The summed E-state index contributed by atoms with van der Waals surface area (Å²) in [6, 6.07) is 2.84. The average Bonchev–Trinajstić information content (AvgIpc) is 2.47. The van der Waals surface area contributed by atoms with Crippen molar-refractivity contribution in [2.24, 2.45) is 4.99 Å². The SMILES string of the molecule is CCNC(=NCc1cc(Cl)cc(Cl)c1OC(F)F)NCCOC.I. The molecule has 0 saturated heterocycles. The van der Waals surface area contributed by atoms with Crippen molar-refractivity contribution >= 4 is 53.1 Å². The summed E-state index contributed by atoms with van der Waals surface area (Å²) in [5, 5.41) is 6.40. The highest BCUT2D eigenvalue weighted by Gasteiger charge is 2.15. The number of guanidine groups is 1. The molecule has 0 aliphatic rings. The predicted molar refractivity (Wildman–Crippen MR) is 103 cm³/mol. The van der Waals surface area contributed by atoms with Gasteiger partial charge in [-0.25, -0.2) is 4.99 Å². The van der Waals surface area contributed by atoms with Gasteiger partial charge in [-0.05, 0) is 19.1 Å². The Balaban J connectivity index is 0.00000529. The van der Waals surface area contributed by atoms with E-state index in [0.717, 1.165) is 0 Å². The van der Waals surface area contributed by atoms with E-state index in [1.807, 2.05) is 6.92 Å². The van der Waals surface area contributed by atoms with E-state index in [9.17, 15) is 8.78 Å². The van der Waals surface area contributed by atoms with Crippen LogP contribution < -0.4 is 15.4 Å². The third-order valence-electron chi connectivity index (χ3n) is 2.64. The maximum absolute atomic E-state index is 12.5. The molecule has 0 aliphatic heterocycles. The van der Waals surface area contributed by atoms with Crippen LogP contribution in [0.25, 0.3) is 0 Å². The average molecular weight is 498 g/mol. The van der Waals surface area contributed by atoms with E-state index in [2.05, 4.69) is 20.4 Å². The standard InChI is InChI=1S/C14H19Cl2F2N3O2.HI/c1-3-19-14(20-4-5-22-2)21-8-9-6-10(15)7-11(16)12(9)23-13(17)18;/h6-7,13H,3-5,8H2,1-2H3,(H2,19,20,21);1H. The summed E-state index contributed by atoms with van der Waals surface area (Å²) in [6.07, 6.45) is 0. The predicted octanol–water partition coefficient (Wildman–Crippen LogP) is 3.91. The summed E-state index contributed by atoms with van der Waals surface area (Å²) in [4.78, 5) is 4.30. The van der Waals surface area contributed by atoms with E-state index >= 15 is 0 Å². The molecule has 0 atom stereocenters. The van der Waals surface area contributed by atoms with Crippen LogP contribution in [0.15, 0.2) is 17.1 Å². The summed E-state index contributed by atoms with van der Waals surface area (Å²) < 4.78 is 34.4. The zero-order valence-corrected chi connectivity index (χ0v) is 17.1. The van der Waals surface area contributed by atoms with Crippen LogP contribution in [-0.4, -0.2) is 39.4 Å². The van der Waals surface area contributed by atoms with Crippen LogP contribution in [0.5, 0.6) is 5.75 Å². The van der Waals surface area contributed by atoms with Gasteiger partial charge >= 0.3 is 6.61 Å². The first-order valence-corrected chi connectivity index (χ1v) is 7.67. The molecule has 0 fully saturated rings. The lowest BCUT2D eigenvalue weighted by molar-refractivity contribution is -0.0503. The number of ether oxygens (including phenoxy) is 2. The lowest BCUT2D eigenvalue weighted by Crippen LogP contribution is -2.38. The second-order valence-corrected chi connectivity index (χ2v) is 5.21. The molecule has 5 nitrogen and oxygen atoms in total. The van der Waals surface area contributed by atoms with Gasteiger partial charge in [0.25, 0.3) is 0 Å².